The van der Waals surface area contributed by atoms with Gasteiger partial charge in [-0.3, -0.25) is 0 Å². The number of carbonyl (C=O) groups excluding carboxylic acids is 1. The summed E-state index contributed by atoms with van der Waals surface area (Å²) >= 11 is 5.81. The SMILES string of the molecule is CC1CCCN(C(=O)Nc2c(Cl)cccc2C(F)(F)F)C1. The van der Waals surface area contributed by atoms with Gasteiger partial charge in [0.1, 0.15) is 0 Å². The molecule has 1 aliphatic heterocycles. The van der Waals surface area contributed by atoms with Gasteiger partial charge in [-0.15, -0.1) is 0 Å². The largest absolute Gasteiger partial charge is 0.418 e. The highest BCUT2D eigenvalue weighted by atomic mass is 35.5. The van der Waals surface area contributed by atoms with Gasteiger partial charge in [-0.2, -0.15) is 13.2 Å². The Morgan fingerprint density at radius 3 is 2.76 bits per heavy atom. The van der Waals surface area contributed by atoms with Gasteiger partial charge in [0.25, 0.3) is 0 Å². The van der Waals surface area contributed by atoms with Gasteiger partial charge >= 0.3 is 12.2 Å². The van der Waals surface area contributed by atoms with Crippen molar-refractivity contribution in [2.45, 2.75) is 25.9 Å². The summed E-state index contributed by atoms with van der Waals surface area (Å²) in [5.74, 6) is 0.345. The summed E-state index contributed by atoms with van der Waals surface area (Å²) < 4.78 is 38.9. The number of nitrogens with zero attached hydrogens (tertiary/aromatic N) is 1. The van der Waals surface area contributed by atoms with Gasteiger partial charge < -0.3 is 10.2 Å². The maximum absolute atomic E-state index is 13.0. The number of urea groups is 1. The summed E-state index contributed by atoms with van der Waals surface area (Å²) in [6.07, 6.45) is -2.70. The monoisotopic (exact) mass is 320 g/mol. The van der Waals surface area contributed by atoms with Crippen molar-refractivity contribution in [3.05, 3.63) is 28.8 Å². The van der Waals surface area contributed by atoms with Gasteiger partial charge in [-0.1, -0.05) is 24.6 Å². The van der Waals surface area contributed by atoms with Crippen molar-refractivity contribution in [1.29, 1.82) is 0 Å². The second-order valence-electron chi connectivity index (χ2n) is 5.28. The fourth-order valence-corrected chi connectivity index (χ4v) is 2.67. The van der Waals surface area contributed by atoms with Gasteiger partial charge in [0.2, 0.25) is 0 Å². The zero-order chi connectivity index (χ0) is 15.6. The van der Waals surface area contributed by atoms with E-state index < -0.39 is 17.8 Å². The molecule has 1 unspecified atom stereocenters. The number of likely N-dealkylation sites (tertiary alicyclic amines) is 1. The number of anilines is 1. The Balaban J connectivity index is 2.21. The lowest BCUT2D eigenvalue weighted by Gasteiger charge is -2.31. The molecule has 116 valence electrons. The lowest BCUT2D eigenvalue weighted by Crippen LogP contribution is -2.41. The van der Waals surface area contributed by atoms with Gasteiger partial charge in [0.05, 0.1) is 16.3 Å². The number of benzene rings is 1. The molecule has 2 amide bonds. The molecular weight excluding hydrogens is 305 g/mol. The van der Waals surface area contributed by atoms with Crippen LogP contribution in [0.2, 0.25) is 5.02 Å². The van der Waals surface area contributed by atoms with E-state index in [0.717, 1.165) is 18.9 Å². The first kappa shape index (κ1) is 15.9. The van der Waals surface area contributed by atoms with E-state index in [4.69, 9.17) is 11.6 Å². The summed E-state index contributed by atoms with van der Waals surface area (Å²) in [5, 5.41) is 2.19. The van der Waals surface area contributed by atoms with Crippen molar-refractivity contribution in [2.24, 2.45) is 5.92 Å². The number of alkyl halides is 3. The second kappa shape index (κ2) is 6.13. The molecular formula is C14H16ClF3N2O. The molecule has 0 bridgehead atoms. The molecule has 1 aromatic rings. The molecule has 0 aliphatic carbocycles. The van der Waals surface area contributed by atoms with Crippen molar-refractivity contribution < 1.29 is 18.0 Å². The van der Waals surface area contributed by atoms with Crippen LogP contribution in [0.1, 0.15) is 25.3 Å². The molecule has 1 aromatic carbocycles. The molecule has 21 heavy (non-hydrogen) atoms. The minimum atomic E-state index is -4.57. The number of carbonyl (C=O) groups is 1. The maximum atomic E-state index is 13.0. The Morgan fingerprint density at radius 1 is 1.43 bits per heavy atom. The summed E-state index contributed by atoms with van der Waals surface area (Å²) in [6, 6.07) is 2.90. The molecule has 0 radical (unpaired) electrons. The lowest BCUT2D eigenvalue weighted by atomic mass is 10.0. The van der Waals surface area contributed by atoms with E-state index in [1.54, 1.807) is 0 Å². The number of amides is 2. The molecule has 0 saturated carbocycles. The van der Waals surface area contributed by atoms with Crippen molar-refractivity contribution in [3.63, 3.8) is 0 Å². The highest BCUT2D eigenvalue weighted by Gasteiger charge is 2.35. The van der Waals surface area contributed by atoms with Crippen LogP contribution in [0.3, 0.4) is 0 Å². The zero-order valence-corrected chi connectivity index (χ0v) is 12.3. The van der Waals surface area contributed by atoms with Crippen LogP contribution in [0.4, 0.5) is 23.7 Å². The van der Waals surface area contributed by atoms with Gasteiger partial charge in [-0.25, -0.2) is 4.79 Å². The average Bonchev–Trinajstić information content (AvgIpc) is 2.39. The van der Waals surface area contributed by atoms with Crippen LogP contribution in [0.25, 0.3) is 0 Å². The molecule has 3 nitrogen and oxygen atoms in total. The minimum absolute atomic E-state index is 0.122. The van der Waals surface area contributed by atoms with E-state index in [2.05, 4.69) is 5.32 Å². The van der Waals surface area contributed by atoms with E-state index >= 15 is 0 Å². The average molecular weight is 321 g/mol. The van der Waals surface area contributed by atoms with Crippen LogP contribution in [-0.4, -0.2) is 24.0 Å². The first-order valence-corrected chi connectivity index (χ1v) is 7.08. The highest BCUT2D eigenvalue weighted by molar-refractivity contribution is 6.33. The second-order valence-corrected chi connectivity index (χ2v) is 5.69. The third kappa shape index (κ3) is 3.81. The molecule has 1 N–H and O–H groups in total. The Hall–Kier alpha value is -1.43. The summed E-state index contributed by atoms with van der Waals surface area (Å²) in [7, 11) is 0. The van der Waals surface area contributed by atoms with Crippen molar-refractivity contribution in [3.8, 4) is 0 Å². The molecule has 1 fully saturated rings. The van der Waals surface area contributed by atoms with E-state index in [-0.39, 0.29) is 10.7 Å². The van der Waals surface area contributed by atoms with Crippen LogP contribution >= 0.6 is 11.6 Å². The van der Waals surface area contributed by atoms with E-state index in [0.29, 0.717) is 19.0 Å². The van der Waals surface area contributed by atoms with Crippen molar-refractivity contribution in [1.82, 2.24) is 4.90 Å². The molecule has 1 heterocycles. The third-order valence-corrected chi connectivity index (χ3v) is 3.81. The van der Waals surface area contributed by atoms with E-state index in [9.17, 15) is 18.0 Å². The highest BCUT2D eigenvalue weighted by Crippen LogP contribution is 2.38. The molecule has 1 saturated heterocycles. The molecule has 7 heteroatoms. The third-order valence-electron chi connectivity index (χ3n) is 3.50. The molecule has 2 rings (SSSR count). The van der Waals surface area contributed by atoms with E-state index in [1.807, 2.05) is 6.92 Å². The Kier molecular flexibility index (Phi) is 4.66. The number of hydrogen-bond donors (Lipinski definition) is 1. The van der Waals surface area contributed by atoms with Crippen molar-refractivity contribution in [2.75, 3.05) is 18.4 Å². The number of para-hydroxylation sites is 1. The first-order chi connectivity index (χ1) is 9.79. The Bertz CT molecular complexity index is 533. The smallest absolute Gasteiger partial charge is 0.324 e. The van der Waals surface area contributed by atoms with Gasteiger partial charge in [0.15, 0.2) is 0 Å². The molecule has 0 spiro atoms. The Morgan fingerprint density at radius 2 is 2.14 bits per heavy atom. The topological polar surface area (TPSA) is 32.3 Å². The number of piperidine rings is 1. The normalized spacial score (nSPS) is 19.5. The van der Waals surface area contributed by atoms with Crippen LogP contribution < -0.4 is 5.32 Å². The molecule has 1 aliphatic rings. The summed E-state index contributed by atoms with van der Waals surface area (Å²) in [6.45, 7) is 3.09. The molecule has 0 aromatic heterocycles. The molecule has 1 atom stereocenters. The lowest BCUT2D eigenvalue weighted by molar-refractivity contribution is -0.136. The van der Waals surface area contributed by atoms with E-state index in [1.165, 1.54) is 17.0 Å². The standard InChI is InChI=1S/C14H16ClF3N2O/c1-9-4-3-7-20(8-9)13(21)19-12-10(14(16,17)18)5-2-6-11(12)15/h2,5-6,9H,3-4,7-8H2,1H3,(H,19,21). The fourth-order valence-electron chi connectivity index (χ4n) is 2.45. The Labute approximate surface area is 126 Å². The minimum Gasteiger partial charge on any atom is -0.324 e. The van der Waals surface area contributed by atoms with Crippen molar-refractivity contribution >= 4 is 23.3 Å². The summed E-state index contributed by atoms with van der Waals surface area (Å²) in [5.41, 5.74) is -1.32. The van der Waals surface area contributed by atoms with Crippen LogP contribution in [0, 0.1) is 5.92 Å². The fraction of sp³-hybridized carbons (Fsp3) is 0.500. The predicted octanol–water partition coefficient (Wildman–Crippen LogP) is 4.62. The van der Waals surface area contributed by atoms with Gasteiger partial charge in [-0.05, 0) is 30.9 Å². The predicted molar refractivity (Wildman–Crippen MR) is 75.4 cm³/mol. The number of halogens is 4. The number of hydrogen-bond acceptors (Lipinski definition) is 1. The quantitative estimate of drug-likeness (QED) is 0.804. The first-order valence-electron chi connectivity index (χ1n) is 6.70. The maximum Gasteiger partial charge on any atom is 0.418 e. The summed E-state index contributed by atoms with van der Waals surface area (Å²) in [4.78, 5) is 13.7. The zero-order valence-electron chi connectivity index (χ0n) is 11.5. The van der Waals surface area contributed by atoms with Gasteiger partial charge in [0, 0.05) is 13.1 Å². The van der Waals surface area contributed by atoms with Crippen LogP contribution in [-0.2, 0) is 6.18 Å². The van der Waals surface area contributed by atoms with Crippen LogP contribution in [0.5, 0.6) is 0 Å². The number of rotatable bonds is 1. The van der Waals surface area contributed by atoms with Crippen LogP contribution in [0.15, 0.2) is 18.2 Å². The number of nitrogens with one attached hydrogen (secondary N) is 1.